The fourth-order valence-electron chi connectivity index (χ4n) is 3.03. The van der Waals surface area contributed by atoms with Gasteiger partial charge in [-0.05, 0) is 44.9 Å². The summed E-state index contributed by atoms with van der Waals surface area (Å²) in [7, 11) is 0. The summed E-state index contributed by atoms with van der Waals surface area (Å²) in [5.41, 5.74) is 3.79. The predicted molar refractivity (Wildman–Crippen MR) is 104 cm³/mol. The maximum atomic E-state index is 13.2. The third kappa shape index (κ3) is 3.87. The molecule has 0 aliphatic carbocycles. The number of aryl methyl sites for hydroxylation is 3. The minimum Gasteiger partial charge on any atom is -0.474 e. The Hall–Kier alpha value is -3.08. The van der Waals surface area contributed by atoms with Crippen LogP contribution in [0.1, 0.15) is 23.6 Å². The van der Waals surface area contributed by atoms with Crippen molar-refractivity contribution in [2.75, 3.05) is 13.2 Å². The molecule has 0 amide bonds. The van der Waals surface area contributed by atoms with E-state index in [9.17, 15) is 9.59 Å². The maximum Gasteiger partial charge on any atom is 0.344 e. The molecule has 5 heteroatoms. The van der Waals surface area contributed by atoms with Gasteiger partial charge in [0.15, 0.2) is 12.4 Å². The van der Waals surface area contributed by atoms with Crippen LogP contribution in [0.15, 0.2) is 45.6 Å². The molecule has 1 aromatic heterocycles. The third-order valence-corrected chi connectivity index (χ3v) is 4.25. The smallest absolute Gasteiger partial charge is 0.344 e. The van der Waals surface area contributed by atoms with E-state index in [0.29, 0.717) is 22.3 Å². The van der Waals surface area contributed by atoms with Crippen molar-refractivity contribution in [3.8, 4) is 17.1 Å². The number of rotatable bonds is 5. The monoisotopic (exact) mass is 366 g/mol. The van der Waals surface area contributed by atoms with Gasteiger partial charge < -0.3 is 13.9 Å². The number of carbonyl (C=O) groups excluding carboxylic acids is 1. The van der Waals surface area contributed by atoms with E-state index in [1.807, 2.05) is 57.2 Å². The van der Waals surface area contributed by atoms with Crippen LogP contribution in [-0.2, 0) is 9.53 Å². The first kappa shape index (κ1) is 18.7. The molecule has 0 aliphatic rings. The largest absolute Gasteiger partial charge is 0.474 e. The lowest BCUT2D eigenvalue weighted by Gasteiger charge is -2.13. The fraction of sp³-hybridized carbons (Fsp3) is 0.273. The Morgan fingerprint density at radius 2 is 1.74 bits per heavy atom. The van der Waals surface area contributed by atoms with Gasteiger partial charge in [-0.2, -0.15) is 0 Å². The lowest BCUT2D eigenvalue weighted by Crippen LogP contribution is -2.19. The molecule has 0 N–H and O–H groups in total. The molecule has 0 saturated heterocycles. The molecule has 1 heterocycles. The van der Waals surface area contributed by atoms with Gasteiger partial charge in [-0.1, -0.05) is 35.9 Å². The second-order valence-electron chi connectivity index (χ2n) is 6.50. The summed E-state index contributed by atoms with van der Waals surface area (Å²) in [6.07, 6.45) is 0. The highest BCUT2D eigenvalue weighted by atomic mass is 16.6. The van der Waals surface area contributed by atoms with E-state index in [1.54, 1.807) is 6.92 Å². The standard InChI is InChI=1S/C22H22O5/c1-5-25-18(23)12-26-22-20(24)19-15(4)10-14(3)11-17(19)27-21(22)16-8-6-13(2)7-9-16/h6-11H,5,12H2,1-4H3. The van der Waals surface area contributed by atoms with Gasteiger partial charge in [-0.3, -0.25) is 4.79 Å². The number of carbonyl (C=O) groups is 1. The molecule has 2 aromatic carbocycles. The van der Waals surface area contributed by atoms with Crippen LogP contribution >= 0.6 is 0 Å². The highest BCUT2D eigenvalue weighted by Gasteiger charge is 2.20. The molecule has 5 nitrogen and oxygen atoms in total. The Morgan fingerprint density at radius 1 is 1.04 bits per heavy atom. The third-order valence-electron chi connectivity index (χ3n) is 4.25. The van der Waals surface area contributed by atoms with E-state index < -0.39 is 5.97 Å². The normalized spacial score (nSPS) is 10.8. The van der Waals surface area contributed by atoms with Crippen LogP contribution < -0.4 is 10.2 Å². The average molecular weight is 366 g/mol. The van der Waals surface area contributed by atoms with Crippen molar-refractivity contribution in [1.29, 1.82) is 0 Å². The lowest BCUT2D eigenvalue weighted by molar-refractivity contribution is -0.145. The zero-order chi connectivity index (χ0) is 19.6. The van der Waals surface area contributed by atoms with E-state index in [1.165, 1.54) is 0 Å². The van der Waals surface area contributed by atoms with E-state index in [2.05, 4.69) is 0 Å². The molecule has 0 aliphatic heterocycles. The van der Waals surface area contributed by atoms with Crippen molar-refractivity contribution in [2.24, 2.45) is 0 Å². The highest BCUT2D eigenvalue weighted by molar-refractivity contribution is 5.85. The Morgan fingerprint density at radius 3 is 2.41 bits per heavy atom. The molecule has 3 aromatic rings. The van der Waals surface area contributed by atoms with Gasteiger partial charge in [0.1, 0.15) is 5.58 Å². The summed E-state index contributed by atoms with van der Waals surface area (Å²) in [6.45, 7) is 7.39. The summed E-state index contributed by atoms with van der Waals surface area (Å²) < 4.78 is 16.6. The van der Waals surface area contributed by atoms with Gasteiger partial charge in [0, 0.05) is 5.56 Å². The molecule has 0 bridgehead atoms. The van der Waals surface area contributed by atoms with Crippen LogP contribution in [0.4, 0.5) is 0 Å². The van der Waals surface area contributed by atoms with Crippen molar-refractivity contribution < 1.29 is 18.7 Å². The SMILES string of the molecule is CCOC(=O)COc1c(-c2ccc(C)cc2)oc2cc(C)cc(C)c2c1=O. The van der Waals surface area contributed by atoms with Gasteiger partial charge in [-0.15, -0.1) is 0 Å². The molecule has 140 valence electrons. The molecule has 0 radical (unpaired) electrons. The Balaban J connectivity index is 2.20. The number of hydrogen-bond acceptors (Lipinski definition) is 5. The number of hydrogen-bond donors (Lipinski definition) is 0. The van der Waals surface area contributed by atoms with E-state index in [4.69, 9.17) is 13.9 Å². The number of ether oxygens (including phenoxy) is 2. The highest BCUT2D eigenvalue weighted by Crippen LogP contribution is 2.32. The first-order chi connectivity index (χ1) is 12.9. The molecular weight excluding hydrogens is 344 g/mol. The van der Waals surface area contributed by atoms with E-state index in [0.717, 1.165) is 16.7 Å². The van der Waals surface area contributed by atoms with Crippen LogP contribution in [0.5, 0.6) is 5.75 Å². The van der Waals surface area contributed by atoms with Crippen LogP contribution in [0, 0.1) is 20.8 Å². The van der Waals surface area contributed by atoms with E-state index in [-0.39, 0.29) is 24.4 Å². The Kier molecular flexibility index (Phi) is 5.31. The summed E-state index contributed by atoms with van der Waals surface area (Å²) in [6, 6.07) is 11.3. The molecular formula is C22H22O5. The summed E-state index contributed by atoms with van der Waals surface area (Å²) in [5.74, 6) is -0.208. The second kappa shape index (κ2) is 7.66. The minimum atomic E-state index is -0.535. The average Bonchev–Trinajstić information content (AvgIpc) is 2.61. The molecule has 0 fully saturated rings. The van der Waals surface area contributed by atoms with Crippen LogP contribution in [0.25, 0.3) is 22.3 Å². The van der Waals surface area contributed by atoms with Crippen molar-refractivity contribution in [3.63, 3.8) is 0 Å². The summed E-state index contributed by atoms with van der Waals surface area (Å²) in [4.78, 5) is 24.9. The second-order valence-corrected chi connectivity index (χ2v) is 6.50. The van der Waals surface area contributed by atoms with Gasteiger partial charge in [0.2, 0.25) is 11.2 Å². The quantitative estimate of drug-likeness (QED) is 0.629. The number of benzene rings is 2. The Bertz CT molecular complexity index is 1040. The minimum absolute atomic E-state index is 0.0198. The van der Waals surface area contributed by atoms with Crippen LogP contribution in [0.3, 0.4) is 0 Å². The Labute approximate surface area is 157 Å². The molecule has 0 unspecified atom stereocenters. The zero-order valence-corrected chi connectivity index (χ0v) is 15.9. The maximum absolute atomic E-state index is 13.2. The van der Waals surface area contributed by atoms with Crippen LogP contribution in [0.2, 0.25) is 0 Å². The first-order valence-electron chi connectivity index (χ1n) is 8.84. The topological polar surface area (TPSA) is 65.7 Å². The molecule has 0 atom stereocenters. The van der Waals surface area contributed by atoms with Crippen molar-refractivity contribution in [2.45, 2.75) is 27.7 Å². The van der Waals surface area contributed by atoms with Crippen LogP contribution in [-0.4, -0.2) is 19.2 Å². The number of esters is 1. The number of fused-ring (bicyclic) bond motifs is 1. The van der Waals surface area contributed by atoms with Gasteiger partial charge in [0.25, 0.3) is 0 Å². The summed E-state index contributed by atoms with van der Waals surface area (Å²) >= 11 is 0. The fourth-order valence-corrected chi connectivity index (χ4v) is 3.03. The van der Waals surface area contributed by atoms with Crippen molar-refractivity contribution in [1.82, 2.24) is 0 Å². The van der Waals surface area contributed by atoms with Gasteiger partial charge >= 0.3 is 5.97 Å². The van der Waals surface area contributed by atoms with Gasteiger partial charge in [0.05, 0.1) is 12.0 Å². The summed E-state index contributed by atoms with van der Waals surface area (Å²) in [5, 5.41) is 0.454. The zero-order valence-electron chi connectivity index (χ0n) is 15.9. The first-order valence-corrected chi connectivity index (χ1v) is 8.84. The molecule has 0 saturated carbocycles. The van der Waals surface area contributed by atoms with Crippen molar-refractivity contribution in [3.05, 3.63) is 63.3 Å². The van der Waals surface area contributed by atoms with Gasteiger partial charge in [-0.25, -0.2) is 4.79 Å². The molecule has 0 spiro atoms. The lowest BCUT2D eigenvalue weighted by atomic mass is 10.0. The van der Waals surface area contributed by atoms with Crippen molar-refractivity contribution >= 4 is 16.9 Å². The molecule has 27 heavy (non-hydrogen) atoms. The molecule has 3 rings (SSSR count). The predicted octanol–water partition coefficient (Wildman–Crippen LogP) is 4.33. The van der Waals surface area contributed by atoms with E-state index >= 15 is 0 Å².